The topological polar surface area (TPSA) is 63.4 Å². The monoisotopic (exact) mass is 296 g/mol. The molecule has 0 aromatic heterocycles. The summed E-state index contributed by atoms with van der Waals surface area (Å²) < 4.78 is 23.0. The highest BCUT2D eigenvalue weighted by Crippen LogP contribution is 2.32. The molecular formula is C15H24N2O2S. The lowest BCUT2D eigenvalue weighted by atomic mass is 9.94. The van der Waals surface area contributed by atoms with Gasteiger partial charge in [0, 0.05) is 12.6 Å². The van der Waals surface area contributed by atoms with Crippen LogP contribution in [0.2, 0.25) is 0 Å². The fourth-order valence-corrected chi connectivity index (χ4v) is 3.52. The molecule has 1 atom stereocenters. The summed E-state index contributed by atoms with van der Waals surface area (Å²) in [6.07, 6.45) is 3.50. The molecule has 2 N–H and O–H groups in total. The van der Waals surface area contributed by atoms with Gasteiger partial charge in [0.1, 0.15) is 0 Å². The minimum atomic E-state index is -3.62. The molecule has 4 nitrogen and oxygen atoms in total. The van der Waals surface area contributed by atoms with Crippen molar-refractivity contribution < 1.29 is 8.42 Å². The molecule has 0 amide bonds. The molecule has 1 aromatic carbocycles. The van der Waals surface area contributed by atoms with Gasteiger partial charge < -0.3 is 0 Å². The Bertz CT molecular complexity index is 555. The summed E-state index contributed by atoms with van der Waals surface area (Å²) in [5.74, 6) is 0.608. The molecule has 1 heterocycles. The number of benzene rings is 1. The van der Waals surface area contributed by atoms with Gasteiger partial charge in [0.25, 0.3) is 0 Å². The van der Waals surface area contributed by atoms with Gasteiger partial charge in [-0.3, -0.25) is 4.90 Å². The summed E-state index contributed by atoms with van der Waals surface area (Å²) in [5, 5.41) is 5.23. The quantitative estimate of drug-likeness (QED) is 0.928. The molecule has 1 unspecified atom stereocenters. The number of primary sulfonamides is 1. The number of likely N-dealkylation sites (tertiary alicyclic amines) is 1. The zero-order valence-corrected chi connectivity index (χ0v) is 13.1. The van der Waals surface area contributed by atoms with Crippen molar-refractivity contribution in [3.8, 4) is 0 Å². The van der Waals surface area contributed by atoms with E-state index in [0.717, 1.165) is 25.1 Å². The molecular weight excluding hydrogens is 272 g/mol. The van der Waals surface area contributed by atoms with E-state index in [2.05, 4.69) is 18.7 Å². The Hall–Kier alpha value is -0.910. The van der Waals surface area contributed by atoms with Crippen LogP contribution in [-0.4, -0.2) is 26.4 Å². The second-order valence-corrected chi connectivity index (χ2v) is 7.58. The van der Waals surface area contributed by atoms with E-state index in [1.54, 1.807) is 18.2 Å². The lowest BCUT2D eigenvalue weighted by molar-refractivity contribution is 0.132. The number of sulfonamides is 1. The van der Waals surface area contributed by atoms with Crippen molar-refractivity contribution >= 4 is 10.0 Å². The molecule has 0 saturated carbocycles. The fraction of sp³-hybridized carbons (Fsp3) is 0.600. The van der Waals surface area contributed by atoms with Crippen LogP contribution in [0.3, 0.4) is 0 Å². The van der Waals surface area contributed by atoms with Gasteiger partial charge in [-0.05, 0) is 43.0 Å². The van der Waals surface area contributed by atoms with Crippen LogP contribution < -0.4 is 5.14 Å². The molecule has 1 fully saturated rings. The summed E-state index contributed by atoms with van der Waals surface area (Å²) in [6, 6.07) is 7.41. The van der Waals surface area contributed by atoms with Crippen molar-refractivity contribution in [1.82, 2.24) is 4.90 Å². The number of hydrogen-bond donors (Lipinski definition) is 1. The summed E-state index contributed by atoms with van der Waals surface area (Å²) in [6.45, 7) is 6.56. The van der Waals surface area contributed by atoms with Crippen molar-refractivity contribution in [1.29, 1.82) is 0 Å². The van der Waals surface area contributed by atoms with Crippen LogP contribution in [0.5, 0.6) is 0 Å². The number of piperidine rings is 1. The van der Waals surface area contributed by atoms with E-state index in [0.29, 0.717) is 12.0 Å². The van der Waals surface area contributed by atoms with E-state index in [4.69, 9.17) is 5.14 Å². The Morgan fingerprint density at radius 3 is 2.75 bits per heavy atom. The number of hydrogen-bond acceptors (Lipinski definition) is 3. The molecule has 0 spiro atoms. The van der Waals surface area contributed by atoms with Crippen LogP contribution in [0.15, 0.2) is 29.2 Å². The normalized spacial score (nSPS) is 21.3. The Morgan fingerprint density at radius 1 is 1.35 bits per heavy atom. The van der Waals surface area contributed by atoms with Gasteiger partial charge in [0.15, 0.2) is 0 Å². The van der Waals surface area contributed by atoms with E-state index in [9.17, 15) is 8.42 Å². The van der Waals surface area contributed by atoms with Gasteiger partial charge in [-0.15, -0.1) is 0 Å². The van der Waals surface area contributed by atoms with Crippen LogP contribution in [0.25, 0.3) is 0 Å². The van der Waals surface area contributed by atoms with E-state index in [-0.39, 0.29) is 4.90 Å². The van der Waals surface area contributed by atoms with Gasteiger partial charge in [0.05, 0.1) is 4.90 Å². The predicted octanol–water partition coefficient (Wildman–Crippen LogP) is 2.52. The van der Waals surface area contributed by atoms with Crippen molar-refractivity contribution in [2.45, 2.75) is 44.0 Å². The smallest absolute Gasteiger partial charge is 0.238 e. The van der Waals surface area contributed by atoms with E-state index in [1.807, 2.05) is 6.07 Å². The van der Waals surface area contributed by atoms with Gasteiger partial charge in [0.2, 0.25) is 10.0 Å². The molecule has 112 valence electrons. The molecule has 0 bridgehead atoms. The molecule has 20 heavy (non-hydrogen) atoms. The second-order valence-electron chi connectivity index (χ2n) is 6.02. The number of nitrogens with zero attached hydrogens (tertiary/aromatic N) is 1. The zero-order valence-electron chi connectivity index (χ0n) is 12.2. The molecule has 0 radical (unpaired) electrons. The van der Waals surface area contributed by atoms with Gasteiger partial charge in [-0.2, -0.15) is 0 Å². The van der Waals surface area contributed by atoms with Crippen molar-refractivity contribution in [2.24, 2.45) is 11.1 Å². The number of rotatable bonds is 4. The third-order valence-electron chi connectivity index (χ3n) is 3.78. The van der Waals surface area contributed by atoms with Crippen LogP contribution in [0.4, 0.5) is 0 Å². The minimum absolute atomic E-state index is 0.213. The summed E-state index contributed by atoms with van der Waals surface area (Å²) >= 11 is 0. The maximum Gasteiger partial charge on any atom is 0.238 e. The standard InChI is InChI=1S/C15H24N2O2S/c1-12(2)11-17-9-4-3-8-15(17)13-6-5-7-14(10-13)20(16,18)19/h5-7,10,12,15H,3-4,8-9,11H2,1-2H3,(H2,16,18,19). The maximum absolute atomic E-state index is 11.5. The average Bonchev–Trinajstić information content (AvgIpc) is 2.38. The third-order valence-corrected chi connectivity index (χ3v) is 4.70. The van der Waals surface area contributed by atoms with Crippen LogP contribution in [0.1, 0.15) is 44.7 Å². The summed E-state index contributed by atoms with van der Waals surface area (Å²) in [7, 11) is -3.62. The first-order valence-corrected chi connectivity index (χ1v) is 8.79. The van der Waals surface area contributed by atoms with E-state index >= 15 is 0 Å². The highest BCUT2D eigenvalue weighted by atomic mass is 32.2. The first-order chi connectivity index (χ1) is 9.38. The molecule has 1 aliphatic rings. The third kappa shape index (κ3) is 3.81. The molecule has 1 saturated heterocycles. The molecule has 2 rings (SSSR count). The molecule has 5 heteroatoms. The number of nitrogens with two attached hydrogens (primary N) is 1. The first-order valence-electron chi connectivity index (χ1n) is 7.25. The highest BCUT2D eigenvalue weighted by Gasteiger charge is 2.25. The SMILES string of the molecule is CC(C)CN1CCCCC1c1cccc(S(N)(=O)=O)c1. The average molecular weight is 296 g/mol. The fourth-order valence-electron chi connectivity index (χ4n) is 2.95. The van der Waals surface area contributed by atoms with Gasteiger partial charge in [-0.25, -0.2) is 13.6 Å². The first kappa shape index (κ1) is 15.5. The summed E-state index contributed by atoms with van der Waals surface area (Å²) in [4.78, 5) is 2.68. The summed E-state index contributed by atoms with van der Waals surface area (Å²) in [5.41, 5.74) is 1.07. The van der Waals surface area contributed by atoms with Crippen LogP contribution in [0, 0.1) is 5.92 Å². The lowest BCUT2D eigenvalue weighted by Crippen LogP contribution is -2.36. The molecule has 1 aliphatic heterocycles. The highest BCUT2D eigenvalue weighted by molar-refractivity contribution is 7.89. The predicted molar refractivity (Wildman–Crippen MR) is 80.8 cm³/mol. The van der Waals surface area contributed by atoms with Gasteiger partial charge in [-0.1, -0.05) is 32.4 Å². The Labute approximate surface area is 122 Å². The lowest BCUT2D eigenvalue weighted by Gasteiger charge is -2.37. The Kier molecular flexibility index (Phi) is 4.83. The van der Waals surface area contributed by atoms with Crippen molar-refractivity contribution in [3.63, 3.8) is 0 Å². The zero-order chi connectivity index (χ0) is 14.8. The van der Waals surface area contributed by atoms with E-state index < -0.39 is 10.0 Å². The van der Waals surface area contributed by atoms with Crippen molar-refractivity contribution in [2.75, 3.05) is 13.1 Å². The van der Waals surface area contributed by atoms with Gasteiger partial charge >= 0.3 is 0 Å². The second kappa shape index (κ2) is 6.24. The van der Waals surface area contributed by atoms with E-state index in [1.165, 1.54) is 12.8 Å². The van der Waals surface area contributed by atoms with Crippen LogP contribution in [-0.2, 0) is 10.0 Å². The van der Waals surface area contributed by atoms with Crippen LogP contribution >= 0.6 is 0 Å². The molecule has 0 aliphatic carbocycles. The largest absolute Gasteiger partial charge is 0.296 e. The Balaban J connectivity index is 2.28. The van der Waals surface area contributed by atoms with Crippen molar-refractivity contribution in [3.05, 3.63) is 29.8 Å². The molecule has 1 aromatic rings. The minimum Gasteiger partial charge on any atom is -0.296 e. The Morgan fingerprint density at radius 2 is 2.10 bits per heavy atom. The maximum atomic E-state index is 11.5.